The summed E-state index contributed by atoms with van der Waals surface area (Å²) in [7, 11) is -4.06. The maximum absolute atomic E-state index is 12.0. The first-order valence-corrected chi connectivity index (χ1v) is 7.96. The van der Waals surface area contributed by atoms with Crippen molar-refractivity contribution in [3.63, 3.8) is 0 Å². The molecule has 1 fully saturated rings. The van der Waals surface area contributed by atoms with Crippen molar-refractivity contribution in [1.82, 2.24) is 14.9 Å². The van der Waals surface area contributed by atoms with E-state index >= 15 is 0 Å². The Morgan fingerprint density at radius 3 is 2.55 bits per heavy atom. The highest BCUT2D eigenvalue weighted by Gasteiger charge is 2.40. The third-order valence-electron chi connectivity index (χ3n) is 2.56. The summed E-state index contributed by atoms with van der Waals surface area (Å²) >= 11 is 0.656. The molecule has 1 aromatic rings. The van der Waals surface area contributed by atoms with Crippen molar-refractivity contribution < 1.29 is 23.1 Å². The molecule has 0 spiro atoms. The first-order valence-electron chi connectivity index (χ1n) is 5.66. The van der Waals surface area contributed by atoms with Crippen LogP contribution in [0, 0.1) is 5.92 Å². The second kappa shape index (κ2) is 5.42. The standard InChI is InChI=1S/C9H12N4O5S2/c1-4(14)10-8-11-12-9(19-8)20(17,18)13-6(7(15)16)5-2-3-5/h5-6,13H,2-3H2,1H3,(H,15,16)(H,10,11,14). The van der Waals surface area contributed by atoms with Crippen molar-refractivity contribution in [3.05, 3.63) is 0 Å². The zero-order valence-electron chi connectivity index (χ0n) is 10.4. The number of nitrogens with zero attached hydrogens (tertiary/aromatic N) is 2. The minimum atomic E-state index is -4.06. The average Bonchev–Trinajstić information content (AvgIpc) is 3.05. The third-order valence-corrected chi connectivity index (χ3v) is 5.21. The van der Waals surface area contributed by atoms with Crippen LogP contribution in [0.3, 0.4) is 0 Å². The summed E-state index contributed by atoms with van der Waals surface area (Å²) in [5.41, 5.74) is 0. The van der Waals surface area contributed by atoms with Crippen LogP contribution in [0.25, 0.3) is 0 Å². The van der Waals surface area contributed by atoms with E-state index in [1.807, 2.05) is 0 Å². The Bertz CT molecular complexity index is 637. The number of hydrogen-bond donors (Lipinski definition) is 3. The molecular formula is C9H12N4O5S2. The summed E-state index contributed by atoms with van der Waals surface area (Å²) in [6, 6.07) is -1.16. The van der Waals surface area contributed by atoms with Gasteiger partial charge in [0.15, 0.2) is 0 Å². The van der Waals surface area contributed by atoms with Crippen LogP contribution in [0.5, 0.6) is 0 Å². The van der Waals surface area contributed by atoms with Gasteiger partial charge in [-0.05, 0) is 18.8 Å². The van der Waals surface area contributed by atoms with Crippen molar-refractivity contribution in [3.8, 4) is 0 Å². The van der Waals surface area contributed by atoms with Gasteiger partial charge in [-0.3, -0.25) is 9.59 Å². The summed E-state index contributed by atoms with van der Waals surface area (Å²) in [4.78, 5) is 21.8. The van der Waals surface area contributed by atoms with Gasteiger partial charge < -0.3 is 10.4 Å². The molecule has 0 radical (unpaired) electrons. The van der Waals surface area contributed by atoms with Crippen LogP contribution in [0.15, 0.2) is 4.34 Å². The van der Waals surface area contributed by atoms with E-state index in [4.69, 9.17) is 5.11 Å². The van der Waals surface area contributed by atoms with Gasteiger partial charge in [0.2, 0.25) is 15.4 Å². The Morgan fingerprint density at radius 2 is 2.05 bits per heavy atom. The number of sulfonamides is 1. The average molecular weight is 320 g/mol. The van der Waals surface area contributed by atoms with Crippen molar-refractivity contribution in [2.75, 3.05) is 5.32 Å². The SMILES string of the molecule is CC(=O)Nc1nnc(S(=O)(=O)NC(C(=O)O)C2CC2)s1. The number of carbonyl (C=O) groups excluding carboxylic acids is 1. The third kappa shape index (κ3) is 3.49. The number of aliphatic carboxylic acids is 1. The number of hydrogen-bond acceptors (Lipinski definition) is 7. The van der Waals surface area contributed by atoms with Crippen LogP contribution >= 0.6 is 11.3 Å². The number of carbonyl (C=O) groups is 2. The minimum Gasteiger partial charge on any atom is -0.480 e. The maximum Gasteiger partial charge on any atom is 0.322 e. The van der Waals surface area contributed by atoms with E-state index < -0.39 is 27.9 Å². The zero-order valence-corrected chi connectivity index (χ0v) is 12.0. The molecule has 0 saturated heterocycles. The topological polar surface area (TPSA) is 138 Å². The van der Waals surface area contributed by atoms with Crippen LogP contribution < -0.4 is 10.0 Å². The first-order chi connectivity index (χ1) is 9.29. The molecule has 20 heavy (non-hydrogen) atoms. The fourth-order valence-corrected chi connectivity index (χ4v) is 3.73. The normalized spacial score (nSPS) is 16.6. The second-order valence-corrected chi connectivity index (χ2v) is 7.19. The van der Waals surface area contributed by atoms with Gasteiger partial charge in [-0.2, -0.15) is 4.72 Å². The highest BCUT2D eigenvalue weighted by molar-refractivity contribution is 7.91. The summed E-state index contributed by atoms with van der Waals surface area (Å²) in [5, 5.41) is 18.3. The van der Waals surface area contributed by atoms with E-state index in [0.29, 0.717) is 24.2 Å². The van der Waals surface area contributed by atoms with E-state index in [1.165, 1.54) is 6.92 Å². The Morgan fingerprint density at radius 1 is 1.40 bits per heavy atom. The Hall–Kier alpha value is -1.59. The quantitative estimate of drug-likeness (QED) is 0.608. The number of carboxylic acid groups (broad SMARTS) is 1. The lowest BCUT2D eigenvalue weighted by Crippen LogP contribution is -2.42. The number of amides is 1. The largest absolute Gasteiger partial charge is 0.480 e. The molecule has 9 nitrogen and oxygen atoms in total. The van der Waals surface area contributed by atoms with Gasteiger partial charge in [0.1, 0.15) is 6.04 Å². The Labute approximate surface area is 118 Å². The van der Waals surface area contributed by atoms with E-state index in [0.717, 1.165) is 0 Å². The van der Waals surface area contributed by atoms with E-state index in [9.17, 15) is 18.0 Å². The number of carboxylic acids is 1. The molecule has 1 aliphatic rings. The summed E-state index contributed by atoms with van der Waals surface area (Å²) in [5.74, 6) is -1.81. The van der Waals surface area contributed by atoms with Crippen LogP contribution in [0.4, 0.5) is 5.13 Å². The molecule has 1 aromatic heterocycles. The lowest BCUT2D eigenvalue weighted by atomic mass is 10.2. The summed E-state index contributed by atoms with van der Waals surface area (Å²) in [6.45, 7) is 1.25. The van der Waals surface area contributed by atoms with Gasteiger partial charge in [-0.25, -0.2) is 8.42 Å². The molecule has 0 bridgehead atoms. The molecule has 3 N–H and O–H groups in total. The monoisotopic (exact) mass is 320 g/mol. The van der Waals surface area contributed by atoms with Gasteiger partial charge in [0.25, 0.3) is 10.0 Å². The number of rotatable bonds is 6. The highest BCUT2D eigenvalue weighted by Crippen LogP contribution is 2.33. The number of anilines is 1. The van der Waals surface area contributed by atoms with Crippen molar-refractivity contribution >= 4 is 38.4 Å². The molecule has 1 aliphatic carbocycles. The van der Waals surface area contributed by atoms with Gasteiger partial charge in [0, 0.05) is 6.92 Å². The van der Waals surface area contributed by atoms with Crippen molar-refractivity contribution in [2.24, 2.45) is 5.92 Å². The predicted octanol–water partition coefficient (Wildman–Crippen LogP) is -0.362. The van der Waals surface area contributed by atoms with Gasteiger partial charge in [-0.1, -0.05) is 11.3 Å². The molecule has 0 aliphatic heterocycles. The lowest BCUT2D eigenvalue weighted by Gasteiger charge is -2.11. The van der Waals surface area contributed by atoms with Crippen LogP contribution in [-0.4, -0.2) is 41.6 Å². The number of nitrogens with one attached hydrogen (secondary N) is 2. The van der Waals surface area contributed by atoms with Crippen LogP contribution in [0.2, 0.25) is 0 Å². The molecule has 1 unspecified atom stereocenters. The van der Waals surface area contributed by atoms with Crippen molar-refractivity contribution in [1.29, 1.82) is 0 Å². The molecule has 11 heteroatoms. The molecule has 0 aromatic carbocycles. The van der Waals surface area contributed by atoms with Crippen molar-refractivity contribution in [2.45, 2.75) is 30.1 Å². The summed E-state index contributed by atoms with van der Waals surface area (Å²) < 4.78 is 25.7. The van der Waals surface area contributed by atoms with E-state index in [-0.39, 0.29) is 15.4 Å². The molecule has 1 atom stereocenters. The molecule has 1 amide bonds. The molecule has 1 heterocycles. The molecule has 1 saturated carbocycles. The minimum absolute atomic E-state index is 0.0381. The molecule has 110 valence electrons. The zero-order chi connectivity index (χ0) is 14.9. The summed E-state index contributed by atoms with van der Waals surface area (Å²) in [6.07, 6.45) is 1.35. The highest BCUT2D eigenvalue weighted by atomic mass is 32.2. The van der Waals surface area contributed by atoms with Gasteiger partial charge >= 0.3 is 5.97 Å². The van der Waals surface area contributed by atoms with Gasteiger partial charge in [0.05, 0.1) is 0 Å². The molecule has 2 rings (SSSR count). The van der Waals surface area contributed by atoms with Crippen LogP contribution in [0.1, 0.15) is 19.8 Å². The fraction of sp³-hybridized carbons (Fsp3) is 0.556. The Balaban J connectivity index is 2.15. The Kier molecular flexibility index (Phi) is 4.01. The van der Waals surface area contributed by atoms with Crippen LogP contribution in [-0.2, 0) is 19.6 Å². The fourth-order valence-electron chi connectivity index (χ4n) is 1.51. The second-order valence-electron chi connectivity index (χ2n) is 4.33. The lowest BCUT2D eigenvalue weighted by molar-refractivity contribution is -0.139. The van der Waals surface area contributed by atoms with Gasteiger partial charge in [-0.15, -0.1) is 10.2 Å². The maximum atomic E-state index is 12.0. The predicted molar refractivity (Wildman–Crippen MR) is 68.7 cm³/mol. The molecular weight excluding hydrogens is 308 g/mol. The smallest absolute Gasteiger partial charge is 0.322 e. The van der Waals surface area contributed by atoms with E-state index in [1.54, 1.807) is 0 Å². The number of aromatic nitrogens is 2. The first kappa shape index (κ1) is 14.8. The van der Waals surface area contributed by atoms with E-state index in [2.05, 4.69) is 20.2 Å².